The Hall–Kier alpha value is -2.20. The van der Waals surface area contributed by atoms with Crippen LogP contribution in [0.1, 0.15) is 29.2 Å². The maximum absolute atomic E-state index is 11.5. The van der Waals surface area contributed by atoms with Gasteiger partial charge >= 0.3 is 6.09 Å². The Balaban J connectivity index is 2.28. The van der Waals surface area contributed by atoms with E-state index in [9.17, 15) is 4.79 Å². The molecule has 0 saturated heterocycles. The molecule has 0 atom stereocenters. The van der Waals surface area contributed by atoms with Crippen LogP contribution in [0, 0.1) is 13.8 Å². The third-order valence-corrected chi connectivity index (χ3v) is 4.29. The lowest BCUT2D eigenvalue weighted by Crippen LogP contribution is -2.14. The number of ether oxygens (including phenoxy) is 2. The van der Waals surface area contributed by atoms with Crippen LogP contribution in [0.2, 0.25) is 5.02 Å². The van der Waals surface area contributed by atoms with Crippen LogP contribution in [0.25, 0.3) is 0 Å². The molecule has 5 heteroatoms. The first-order chi connectivity index (χ1) is 11.5. The fraction of sp³-hybridized carbons (Fsp3) is 0.316. The van der Waals surface area contributed by atoms with Crippen molar-refractivity contribution in [2.24, 2.45) is 0 Å². The van der Waals surface area contributed by atoms with Crippen molar-refractivity contribution in [2.45, 2.75) is 33.8 Å². The Bertz CT molecular complexity index is 744. The number of carbonyl (C=O) groups is 1. The number of aryl methyl sites for hydroxylation is 3. The fourth-order valence-electron chi connectivity index (χ4n) is 2.43. The van der Waals surface area contributed by atoms with Crippen molar-refractivity contribution in [3.63, 3.8) is 0 Å². The van der Waals surface area contributed by atoms with Crippen LogP contribution in [0.3, 0.4) is 0 Å². The predicted octanol–water partition coefficient (Wildman–Crippen LogP) is 5.28. The number of nitrogens with one attached hydrogen (secondary N) is 1. The molecule has 0 aliphatic carbocycles. The zero-order valence-electron chi connectivity index (χ0n) is 14.4. The summed E-state index contributed by atoms with van der Waals surface area (Å²) in [7, 11) is 1.34. The van der Waals surface area contributed by atoms with E-state index in [-0.39, 0.29) is 0 Å². The van der Waals surface area contributed by atoms with Gasteiger partial charge in [-0.25, -0.2) is 4.79 Å². The number of rotatable bonds is 5. The third-order valence-electron chi connectivity index (χ3n) is 4.00. The van der Waals surface area contributed by atoms with Gasteiger partial charge in [-0.15, -0.1) is 0 Å². The Morgan fingerprint density at radius 3 is 2.58 bits per heavy atom. The van der Waals surface area contributed by atoms with Gasteiger partial charge < -0.3 is 9.47 Å². The van der Waals surface area contributed by atoms with Crippen molar-refractivity contribution in [2.75, 3.05) is 12.4 Å². The van der Waals surface area contributed by atoms with Gasteiger partial charge in [-0.2, -0.15) is 0 Å². The Morgan fingerprint density at radius 1 is 1.21 bits per heavy atom. The van der Waals surface area contributed by atoms with Gasteiger partial charge in [0.05, 0.1) is 17.8 Å². The van der Waals surface area contributed by atoms with E-state index in [0.29, 0.717) is 23.1 Å². The van der Waals surface area contributed by atoms with Crippen LogP contribution >= 0.6 is 11.6 Å². The van der Waals surface area contributed by atoms with Gasteiger partial charge in [0, 0.05) is 5.56 Å². The number of halogens is 1. The van der Waals surface area contributed by atoms with Gasteiger partial charge in [0.25, 0.3) is 0 Å². The quantitative estimate of drug-likeness (QED) is 0.800. The normalized spacial score (nSPS) is 10.4. The highest BCUT2D eigenvalue weighted by atomic mass is 35.5. The molecule has 2 aromatic carbocycles. The second-order valence-corrected chi connectivity index (χ2v) is 5.98. The molecule has 24 heavy (non-hydrogen) atoms. The number of carbonyl (C=O) groups excluding carboxylic acids is 1. The summed E-state index contributed by atoms with van der Waals surface area (Å²) < 4.78 is 10.6. The molecule has 2 rings (SSSR count). The second-order valence-electron chi connectivity index (χ2n) is 5.57. The summed E-state index contributed by atoms with van der Waals surface area (Å²) in [5, 5.41) is 3.31. The van der Waals surface area contributed by atoms with Crippen molar-refractivity contribution in [3.8, 4) is 5.75 Å². The Labute approximate surface area is 147 Å². The molecule has 4 nitrogen and oxygen atoms in total. The number of anilines is 1. The topological polar surface area (TPSA) is 47.6 Å². The summed E-state index contributed by atoms with van der Waals surface area (Å²) in [4.78, 5) is 11.5. The minimum Gasteiger partial charge on any atom is -0.487 e. The molecule has 0 saturated carbocycles. The van der Waals surface area contributed by atoms with E-state index in [2.05, 4.69) is 17.0 Å². The molecule has 0 aromatic heterocycles. The minimum atomic E-state index is -0.506. The molecule has 1 N–H and O–H groups in total. The first-order valence-electron chi connectivity index (χ1n) is 7.81. The van der Waals surface area contributed by atoms with E-state index in [4.69, 9.17) is 16.3 Å². The van der Waals surface area contributed by atoms with Crippen molar-refractivity contribution >= 4 is 23.4 Å². The standard InChI is InChI=1S/C19H22ClNO3/c1-5-14-7-6-8-17(21-19(22)23-4)15(14)11-24-18-10-13(3)12(2)9-16(18)20/h6-10H,5,11H2,1-4H3,(H,21,22). The summed E-state index contributed by atoms with van der Waals surface area (Å²) in [6, 6.07) is 9.57. The molecular weight excluding hydrogens is 326 g/mol. The molecule has 2 aromatic rings. The van der Waals surface area contributed by atoms with Gasteiger partial charge in [-0.3, -0.25) is 5.32 Å². The minimum absolute atomic E-state index is 0.311. The van der Waals surface area contributed by atoms with E-state index in [1.165, 1.54) is 7.11 Å². The summed E-state index contributed by atoms with van der Waals surface area (Å²) in [5.74, 6) is 0.634. The molecule has 0 bridgehead atoms. The molecule has 0 aliphatic rings. The van der Waals surface area contributed by atoms with Crippen LogP contribution in [0.4, 0.5) is 10.5 Å². The van der Waals surface area contributed by atoms with E-state index < -0.39 is 6.09 Å². The molecule has 0 unspecified atom stereocenters. The molecular formula is C19H22ClNO3. The van der Waals surface area contributed by atoms with E-state index in [0.717, 1.165) is 28.7 Å². The van der Waals surface area contributed by atoms with Crippen LogP contribution in [-0.4, -0.2) is 13.2 Å². The van der Waals surface area contributed by atoms with Gasteiger partial charge in [0.15, 0.2) is 0 Å². The Morgan fingerprint density at radius 2 is 1.92 bits per heavy atom. The molecule has 0 heterocycles. The molecule has 0 aliphatic heterocycles. The summed E-state index contributed by atoms with van der Waals surface area (Å²) in [6.45, 7) is 6.40. The van der Waals surface area contributed by atoms with Crippen LogP contribution in [0.15, 0.2) is 30.3 Å². The largest absolute Gasteiger partial charge is 0.487 e. The highest BCUT2D eigenvalue weighted by Crippen LogP contribution is 2.30. The van der Waals surface area contributed by atoms with E-state index in [1.807, 2.05) is 44.2 Å². The number of hydrogen-bond donors (Lipinski definition) is 1. The maximum atomic E-state index is 11.5. The van der Waals surface area contributed by atoms with Crippen molar-refractivity contribution < 1.29 is 14.3 Å². The highest BCUT2D eigenvalue weighted by Gasteiger charge is 2.12. The highest BCUT2D eigenvalue weighted by molar-refractivity contribution is 6.32. The lowest BCUT2D eigenvalue weighted by atomic mass is 10.0. The molecule has 0 spiro atoms. The lowest BCUT2D eigenvalue weighted by molar-refractivity contribution is 0.187. The number of benzene rings is 2. The second kappa shape index (κ2) is 8.06. The van der Waals surface area contributed by atoms with Crippen molar-refractivity contribution in [1.82, 2.24) is 0 Å². The SMILES string of the molecule is CCc1cccc(NC(=O)OC)c1COc1cc(C)c(C)cc1Cl. The maximum Gasteiger partial charge on any atom is 0.411 e. The molecule has 1 amide bonds. The average molecular weight is 348 g/mol. The van der Waals surface area contributed by atoms with Crippen molar-refractivity contribution in [3.05, 3.63) is 57.6 Å². The molecule has 0 radical (unpaired) electrons. The number of methoxy groups -OCH3 is 1. The van der Waals surface area contributed by atoms with Crippen LogP contribution < -0.4 is 10.1 Å². The monoisotopic (exact) mass is 347 g/mol. The zero-order chi connectivity index (χ0) is 17.7. The van der Waals surface area contributed by atoms with Gasteiger partial charge in [0.2, 0.25) is 0 Å². The van der Waals surface area contributed by atoms with Gasteiger partial charge in [0.1, 0.15) is 12.4 Å². The fourth-order valence-corrected chi connectivity index (χ4v) is 2.70. The number of hydrogen-bond acceptors (Lipinski definition) is 3. The predicted molar refractivity (Wildman–Crippen MR) is 97.1 cm³/mol. The van der Waals surface area contributed by atoms with Crippen LogP contribution in [0.5, 0.6) is 5.75 Å². The lowest BCUT2D eigenvalue weighted by Gasteiger charge is -2.16. The first-order valence-corrected chi connectivity index (χ1v) is 8.19. The zero-order valence-corrected chi connectivity index (χ0v) is 15.2. The van der Waals surface area contributed by atoms with Gasteiger partial charge in [-0.05, 0) is 55.2 Å². The smallest absolute Gasteiger partial charge is 0.411 e. The van der Waals surface area contributed by atoms with E-state index >= 15 is 0 Å². The van der Waals surface area contributed by atoms with Crippen molar-refractivity contribution in [1.29, 1.82) is 0 Å². The molecule has 0 fully saturated rings. The summed E-state index contributed by atoms with van der Waals surface area (Å²) >= 11 is 6.27. The Kier molecular flexibility index (Phi) is 6.10. The van der Waals surface area contributed by atoms with Crippen LogP contribution in [-0.2, 0) is 17.8 Å². The average Bonchev–Trinajstić information content (AvgIpc) is 2.57. The third kappa shape index (κ3) is 4.20. The van der Waals surface area contributed by atoms with Gasteiger partial charge in [-0.1, -0.05) is 30.7 Å². The number of amides is 1. The first kappa shape index (κ1) is 18.1. The van der Waals surface area contributed by atoms with E-state index in [1.54, 1.807) is 0 Å². The summed E-state index contributed by atoms with van der Waals surface area (Å²) in [6.07, 6.45) is 0.324. The molecule has 128 valence electrons. The summed E-state index contributed by atoms with van der Waals surface area (Å²) in [5.41, 5.74) is 4.94.